The van der Waals surface area contributed by atoms with Crippen molar-refractivity contribution in [3.05, 3.63) is 81.4 Å². The molecule has 2 aromatic carbocycles. The van der Waals surface area contributed by atoms with Gasteiger partial charge in [-0.1, -0.05) is 56.3 Å². The number of nitro benzene ring substituents is 1. The summed E-state index contributed by atoms with van der Waals surface area (Å²) in [5, 5.41) is 14.7. The molecule has 0 amide bonds. The molecule has 1 heterocycles. The van der Waals surface area contributed by atoms with Crippen LogP contribution in [0.1, 0.15) is 54.8 Å². The Kier molecular flexibility index (Phi) is 3.83. The van der Waals surface area contributed by atoms with Gasteiger partial charge in [-0.15, -0.1) is 0 Å². The summed E-state index contributed by atoms with van der Waals surface area (Å²) < 4.78 is 0. The van der Waals surface area contributed by atoms with Crippen LogP contribution in [0.15, 0.2) is 54.6 Å². The minimum absolute atomic E-state index is 0.143. The van der Waals surface area contributed by atoms with Crippen LogP contribution in [0.3, 0.4) is 0 Å². The zero-order valence-electron chi connectivity index (χ0n) is 14.5. The van der Waals surface area contributed by atoms with Crippen LogP contribution in [-0.2, 0) is 0 Å². The maximum Gasteiger partial charge on any atom is 0.269 e. The highest BCUT2D eigenvalue weighted by molar-refractivity contribution is 5.65. The first-order chi connectivity index (χ1) is 12.1. The third-order valence-electron chi connectivity index (χ3n) is 5.51. The van der Waals surface area contributed by atoms with Gasteiger partial charge in [-0.2, -0.15) is 0 Å². The maximum atomic E-state index is 10.9. The van der Waals surface area contributed by atoms with Crippen molar-refractivity contribution in [3.63, 3.8) is 0 Å². The molecule has 1 N–H and O–H groups in total. The van der Waals surface area contributed by atoms with E-state index in [1.165, 1.54) is 16.8 Å². The molecule has 25 heavy (non-hydrogen) atoms. The van der Waals surface area contributed by atoms with E-state index in [0.29, 0.717) is 17.8 Å². The Morgan fingerprint density at radius 3 is 2.60 bits per heavy atom. The van der Waals surface area contributed by atoms with Crippen molar-refractivity contribution in [2.75, 3.05) is 5.32 Å². The molecule has 4 heteroatoms. The average Bonchev–Trinajstić information content (AvgIpc) is 3.10. The number of allylic oxidation sites excluding steroid dienone is 2. The number of non-ortho nitro benzene ring substituents is 1. The zero-order valence-corrected chi connectivity index (χ0v) is 14.5. The SMILES string of the molecule is CC(C)c1cccc2c1NC(c1ccc([N+](=O)[O-])cc1)C1CC=CC21. The second-order valence-electron chi connectivity index (χ2n) is 7.29. The quantitative estimate of drug-likeness (QED) is 0.455. The summed E-state index contributed by atoms with van der Waals surface area (Å²) in [6.45, 7) is 4.43. The molecule has 3 unspecified atom stereocenters. The van der Waals surface area contributed by atoms with Crippen LogP contribution in [0.4, 0.5) is 11.4 Å². The minimum Gasteiger partial charge on any atom is -0.377 e. The summed E-state index contributed by atoms with van der Waals surface area (Å²) in [5.41, 5.74) is 5.22. The molecule has 0 saturated heterocycles. The van der Waals surface area contributed by atoms with Crippen molar-refractivity contribution in [1.82, 2.24) is 0 Å². The minimum atomic E-state index is -0.343. The molecule has 0 radical (unpaired) electrons. The van der Waals surface area contributed by atoms with E-state index in [2.05, 4.69) is 49.5 Å². The summed E-state index contributed by atoms with van der Waals surface area (Å²) in [6.07, 6.45) is 5.63. The summed E-state index contributed by atoms with van der Waals surface area (Å²) in [4.78, 5) is 10.6. The highest BCUT2D eigenvalue weighted by atomic mass is 16.6. The van der Waals surface area contributed by atoms with Crippen LogP contribution in [0, 0.1) is 16.0 Å². The Balaban J connectivity index is 1.77. The molecule has 4 rings (SSSR count). The summed E-state index contributed by atoms with van der Waals surface area (Å²) >= 11 is 0. The molecular formula is C21H22N2O2. The summed E-state index contributed by atoms with van der Waals surface area (Å²) in [6, 6.07) is 13.8. The van der Waals surface area contributed by atoms with Crippen LogP contribution < -0.4 is 5.32 Å². The van der Waals surface area contributed by atoms with Gasteiger partial charge in [0.15, 0.2) is 0 Å². The molecular weight excluding hydrogens is 312 g/mol. The van der Waals surface area contributed by atoms with E-state index in [4.69, 9.17) is 0 Å². The number of hydrogen-bond donors (Lipinski definition) is 1. The zero-order chi connectivity index (χ0) is 17.6. The first kappa shape index (κ1) is 15.9. The van der Waals surface area contributed by atoms with Gasteiger partial charge in [-0.25, -0.2) is 0 Å². The molecule has 0 bridgehead atoms. The number of anilines is 1. The van der Waals surface area contributed by atoms with Crippen molar-refractivity contribution in [2.24, 2.45) is 5.92 Å². The molecule has 0 fully saturated rings. The number of nitrogens with zero attached hydrogens (tertiary/aromatic N) is 1. The van der Waals surface area contributed by atoms with Crippen molar-refractivity contribution in [1.29, 1.82) is 0 Å². The van der Waals surface area contributed by atoms with Gasteiger partial charge in [0.25, 0.3) is 5.69 Å². The molecule has 0 aromatic heterocycles. The molecule has 0 saturated carbocycles. The van der Waals surface area contributed by atoms with E-state index in [1.54, 1.807) is 12.1 Å². The van der Waals surface area contributed by atoms with E-state index < -0.39 is 0 Å². The topological polar surface area (TPSA) is 55.2 Å². The van der Waals surface area contributed by atoms with Gasteiger partial charge in [0.1, 0.15) is 0 Å². The number of benzene rings is 2. The molecule has 2 aromatic rings. The Morgan fingerprint density at radius 1 is 1.16 bits per heavy atom. The summed E-state index contributed by atoms with van der Waals surface area (Å²) in [7, 11) is 0. The Hall–Kier alpha value is -2.62. The number of para-hydroxylation sites is 1. The fourth-order valence-electron chi connectivity index (χ4n) is 4.26. The monoisotopic (exact) mass is 334 g/mol. The van der Waals surface area contributed by atoms with Gasteiger partial charge >= 0.3 is 0 Å². The van der Waals surface area contributed by atoms with Crippen molar-refractivity contribution < 1.29 is 4.92 Å². The smallest absolute Gasteiger partial charge is 0.269 e. The Morgan fingerprint density at radius 2 is 1.92 bits per heavy atom. The summed E-state index contributed by atoms with van der Waals surface area (Å²) in [5.74, 6) is 1.31. The second kappa shape index (κ2) is 6.03. The average molecular weight is 334 g/mol. The highest BCUT2D eigenvalue weighted by Crippen LogP contribution is 2.51. The fourth-order valence-corrected chi connectivity index (χ4v) is 4.26. The van der Waals surface area contributed by atoms with E-state index in [9.17, 15) is 10.1 Å². The lowest BCUT2D eigenvalue weighted by atomic mass is 9.75. The number of rotatable bonds is 3. The van der Waals surface area contributed by atoms with Crippen LogP contribution >= 0.6 is 0 Å². The van der Waals surface area contributed by atoms with Gasteiger partial charge in [0, 0.05) is 23.7 Å². The third-order valence-corrected chi connectivity index (χ3v) is 5.51. The lowest BCUT2D eigenvalue weighted by Crippen LogP contribution is -2.29. The molecule has 1 aliphatic heterocycles. The van der Waals surface area contributed by atoms with Gasteiger partial charge in [0.05, 0.1) is 11.0 Å². The largest absolute Gasteiger partial charge is 0.377 e. The lowest BCUT2D eigenvalue weighted by molar-refractivity contribution is -0.384. The standard InChI is InChI=1S/C21H22N2O2/c1-13(2)16-5-3-8-19-17-6-4-7-18(17)20(22-21(16)19)14-9-11-15(12-10-14)23(24)25/h3-6,8-13,17-18,20,22H,7H2,1-2H3. The molecule has 3 atom stereocenters. The van der Waals surface area contributed by atoms with Crippen molar-refractivity contribution in [2.45, 2.75) is 38.1 Å². The number of fused-ring (bicyclic) bond motifs is 3. The highest BCUT2D eigenvalue weighted by Gasteiger charge is 2.38. The third kappa shape index (κ3) is 2.62. The molecule has 128 valence electrons. The van der Waals surface area contributed by atoms with Crippen LogP contribution in [-0.4, -0.2) is 4.92 Å². The first-order valence-electron chi connectivity index (χ1n) is 8.86. The predicted octanol–water partition coefficient (Wildman–Crippen LogP) is 5.54. The van der Waals surface area contributed by atoms with E-state index in [0.717, 1.165) is 12.0 Å². The first-order valence-corrected chi connectivity index (χ1v) is 8.86. The van der Waals surface area contributed by atoms with Crippen molar-refractivity contribution >= 4 is 11.4 Å². The molecule has 1 aliphatic carbocycles. The lowest BCUT2D eigenvalue weighted by Gasteiger charge is -2.39. The van der Waals surface area contributed by atoms with Crippen LogP contribution in [0.25, 0.3) is 0 Å². The Labute approximate surface area is 147 Å². The van der Waals surface area contributed by atoms with Gasteiger partial charge < -0.3 is 5.32 Å². The predicted molar refractivity (Wildman–Crippen MR) is 100.0 cm³/mol. The van der Waals surface area contributed by atoms with E-state index >= 15 is 0 Å². The number of nitrogens with one attached hydrogen (secondary N) is 1. The Bertz CT molecular complexity index is 839. The maximum absolute atomic E-state index is 10.9. The van der Waals surface area contributed by atoms with Gasteiger partial charge in [-0.3, -0.25) is 10.1 Å². The fraction of sp³-hybridized carbons (Fsp3) is 0.333. The van der Waals surface area contributed by atoms with E-state index in [1.807, 2.05) is 12.1 Å². The second-order valence-corrected chi connectivity index (χ2v) is 7.29. The molecule has 4 nitrogen and oxygen atoms in total. The normalized spacial score (nSPS) is 23.9. The van der Waals surface area contributed by atoms with Crippen molar-refractivity contribution in [3.8, 4) is 0 Å². The molecule has 0 spiro atoms. The van der Waals surface area contributed by atoms with Crippen LogP contribution in [0.5, 0.6) is 0 Å². The van der Waals surface area contributed by atoms with E-state index in [-0.39, 0.29) is 16.7 Å². The number of hydrogen-bond acceptors (Lipinski definition) is 3. The number of nitro groups is 1. The van der Waals surface area contributed by atoms with Crippen LogP contribution in [0.2, 0.25) is 0 Å². The van der Waals surface area contributed by atoms with Gasteiger partial charge in [-0.05, 0) is 34.9 Å². The van der Waals surface area contributed by atoms with Gasteiger partial charge in [0.2, 0.25) is 0 Å². The molecule has 2 aliphatic rings.